The molecular weight excluding hydrogens is 466 g/mol. The van der Waals surface area contributed by atoms with Crippen molar-refractivity contribution in [3.8, 4) is 17.6 Å². The Hall–Kier alpha value is -4.57. The second-order valence-electron chi connectivity index (χ2n) is 8.74. The van der Waals surface area contributed by atoms with Crippen molar-refractivity contribution in [2.24, 2.45) is 0 Å². The first-order valence-corrected chi connectivity index (χ1v) is 12.0. The average molecular weight is 498 g/mol. The summed E-state index contributed by atoms with van der Waals surface area (Å²) in [7, 11) is 0. The van der Waals surface area contributed by atoms with Crippen LogP contribution in [0.25, 0.3) is 6.08 Å². The summed E-state index contributed by atoms with van der Waals surface area (Å²) in [6, 6.07) is 18.5. The van der Waals surface area contributed by atoms with Crippen LogP contribution in [0.15, 0.2) is 60.2 Å². The third-order valence-electron chi connectivity index (χ3n) is 5.60. The monoisotopic (exact) mass is 497 g/mol. The smallest absolute Gasteiger partial charge is 0.266 e. The van der Waals surface area contributed by atoms with E-state index in [2.05, 4.69) is 10.6 Å². The maximum atomic E-state index is 12.7. The third kappa shape index (κ3) is 7.45. The third-order valence-corrected chi connectivity index (χ3v) is 5.60. The number of benzene rings is 3. The minimum atomic E-state index is -0.504. The van der Waals surface area contributed by atoms with E-state index >= 15 is 0 Å². The van der Waals surface area contributed by atoms with E-state index < -0.39 is 5.91 Å². The highest BCUT2D eigenvalue weighted by Crippen LogP contribution is 2.30. The van der Waals surface area contributed by atoms with E-state index in [-0.39, 0.29) is 18.1 Å². The lowest BCUT2D eigenvalue weighted by Gasteiger charge is -2.14. The highest BCUT2D eigenvalue weighted by molar-refractivity contribution is 6.10. The Morgan fingerprint density at radius 3 is 2.27 bits per heavy atom. The molecule has 0 aromatic heterocycles. The Morgan fingerprint density at radius 1 is 0.838 bits per heavy atom. The summed E-state index contributed by atoms with van der Waals surface area (Å²) in [5.74, 6) is -0.0120. The lowest BCUT2D eigenvalue weighted by atomic mass is 10.1. The molecule has 0 aliphatic heterocycles. The number of carbonyl (C=O) groups is 2. The molecule has 0 fully saturated rings. The Labute approximate surface area is 217 Å². The van der Waals surface area contributed by atoms with Gasteiger partial charge in [-0.15, -0.1) is 0 Å². The minimum Gasteiger partial charge on any atom is -0.490 e. The van der Waals surface area contributed by atoms with Gasteiger partial charge in [0.25, 0.3) is 11.8 Å². The Bertz CT molecular complexity index is 1390. The SMILES string of the molecule is CCOc1cc(/C=C(\C#N)C(=O)Nc2ccc(C)cc2C)ccc1OCC(=O)Nc1cc(C)ccc1C. The largest absolute Gasteiger partial charge is 0.490 e. The van der Waals surface area contributed by atoms with Crippen LogP contribution in [0.2, 0.25) is 0 Å². The second-order valence-corrected chi connectivity index (χ2v) is 8.74. The Balaban J connectivity index is 1.73. The van der Waals surface area contributed by atoms with Crippen molar-refractivity contribution in [1.82, 2.24) is 0 Å². The summed E-state index contributed by atoms with van der Waals surface area (Å²) in [6.45, 7) is 9.75. The molecule has 0 unspecified atom stereocenters. The fraction of sp³-hybridized carbons (Fsp3) is 0.233. The number of amides is 2. The molecule has 0 radical (unpaired) electrons. The van der Waals surface area contributed by atoms with Crippen LogP contribution in [-0.2, 0) is 9.59 Å². The summed E-state index contributed by atoms with van der Waals surface area (Å²) in [6.07, 6.45) is 1.48. The van der Waals surface area contributed by atoms with Crippen LogP contribution in [0, 0.1) is 39.0 Å². The molecule has 0 aliphatic carbocycles. The quantitative estimate of drug-likeness (QED) is 0.284. The van der Waals surface area contributed by atoms with Crippen LogP contribution in [-0.4, -0.2) is 25.0 Å². The van der Waals surface area contributed by atoms with E-state index in [1.807, 2.05) is 77.1 Å². The number of ether oxygens (including phenoxy) is 2. The molecule has 0 atom stereocenters. The summed E-state index contributed by atoms with van der Waals surface area (Å²) < 4.78 is 11.4. The van der Waals surface area contributed by atoms with Gasteiger partial charge in [-0.25, -0.2) is 0 Å². The molecule has 0 spiro atoms. The van der Waals surface area contributed by atoms with Gasteiger partial charge in [-0.1, -0.05) is 35.9 Å². The first-order chi connectivity index (χ1) is 17.7. The number of hydrogen-bond donors (Lipinski definition) is 2. The van der Waals surface area contributed by atoms with Gasteiger partial charge in [0, 0.05) is 11.4 Å². The van der Waals surface area contributed by atoms with E-state index in [9.17, 15) is 14.9 Å². The molecule has 3 aromatic carbocycles. The van der Waals surface area contributed by atoms with E-state index in [0.717, 1.165) is 27.9 Å². The molecule has 2 amide bonds. The standard InChI is InChI=1S/C30H31N3O4/c1-6-36-28-16-23(15-24(17-31)30(35)33-25-11-8-19(2)13-22(25)5)10-12-27(28)37-18-29(34)32-26-14-20(3)7-9-21(26)4/h7-16H,6,18H2,1-5H3,(H,32,34)(H,33,35)/b24-15+. The lowest BCUT2D eigenvalue weighted by Crippen LogP contribution is -2.21. The number of rotatable bonds is 9. The van der Waals surface area contributed by atoms with Crippen molar-refractivity contribution in [3.63, 3.8) is 0 Å². The number of aryl methyl sites for hydroxylation is 4. The van der Waals surface area contributed by atoms with Crippen LogP contribution in [0.3, 0.4) is 0 Å². The molecule has 7 nitrogen and oxygen atoms in total. The Morgan fingerprint density at radius 2 is 1.57 bits per heavy atom. The number of anilines is 2. The maximum absolute atomic E-state index is 12.7. The van der Waals surface area contributed by atoms with Crippen molar-refractivity contribution in [3.05, 3.63) is 88.0 Å². The van der Waals surface area contributed by atoms with Crippen molar-refractivity contribution < 1.29 is 19.1 Å². The summed E-state index contributed by atoms with van der Waals surface area (Å²) in [4.78, 5) is 25.2. The van der Waals surface area contributed by atoms with Crippen LogP contribution >= 0.6 is 0 Å². The maximum Gasteiger partial charge on any atom is 0.266 e. The predicted octanol–water partition coefficient (Wildman–Crippen LogP) is 5.88. The molecule has 3 rings (SSSR count). The number of nitrogens with one attached hydrogen (secondary N) is 2. The van der Waals surface area contributed by atoms with E-state index in [4.69, 9.17) is 9.47 Å². The van der Waals surface area contributed by atoms with Gasteiger partial charge in [-0.2, -0.15) is 5.26 Å². The van der Waals surface area contributed by atoms with Crippen LogP contribution in [0.5, 0.6) is 11.5 Å². The van der Waals surface area contributed by atoms with E-state index in [0.29, 0.717) is 29.4 Å². The predicted molar refractivity (Wildman–Crippen MR) is 146 cm³/mol. The summed E-state index contributed by atoms with van der Waals surface area (Å²) in [5.41, 5.74) is 5.92. The van der Waals surface area contributed by atoms with Gasteiger partial charge in [0.1, 0.15) is 11.6 Å². The van der Waals surface area contributed by atoms with Gasteiger partial charge >= 0.3 is 0 Å². The van der Waals surface area contributed by atoms with Crippen molar-refractivity contribution in [2.45, 2.75) is 34.6 Å². The topological polar surface area (TPSA) is 100 Å². The number of nitrogens with zero attached hydrogens (tertiary/aromatic N) is 1. The van der Waals surface area contributed by atoms with Gasteiger partial charge in [-0.3, -0.25) is 9.59 Å². The molecule has 3 aromatic rings. The van der Waals surface area contributed by atoms with Crippen molar-refractivity contribution in [2.75, 3.05) is 23.8 Å². The van der Waals surface area contributed by atoms with Crippen molar-refractivity contribution >= 4 is 29.3 Å². The zero-order chi connectivity index (χ0) is 26.9. The number of hydrogen-bond acceptors (Lipinski definition) is 5. The van der Waals surface area contributed by atoms with Gasteiger partial charge in [0.05, 0.1) is 6.61 Å². The van der Waals surface area contributed by atoms with Gasteiger partial charge in [0.2, 0.25) is 0 Å². The molecule has 0 saturated heterocycles. The Kier molecular flexibility index (Phi) is 9.06. The summed E-state index contributed by atoms with van der Waals surface area (Å²) in [5, 5.41) is 15.3. The first kappa shape index (κ1) is 27.0. The second kappa shape index (κ2) is 12.4. The fourth-order valence-electron chi connectivity index (χ4n) is 3.66. The summed E-state index contributed by atoms with van der Waals surface area (Å²) >= 11 is 0. The van der Waals surface area contributed by atoms with Gasteiger partial charge < -0.3 is 20.1 Å². The van der Waals surface area contributed by atoms with Crippen molar-refractivity contribution in [1.29, 1.82) is 5.26 Å². The number of nitriles is 1. The minimum absolute atomic E-state index is 0.0519. The van der Waals surface area contributed by atoms with Crippen LogP contribution in [0.1, 0.15) is 34.7 Å². The lowest BCUT2D eigenvalue weighted by molar-refractivity contribution is -0.118. The molecule has 7 heteroatoms. The average Bonchev–Trinajstić information content (AvgIpc) is 2.86. The molecule has 0 aliphatic rings. The fourth-order valence-corrected chi connectivity index (χ4v) is 3.66. The molecule has 0 bridgehead atoms. The normalized spacial score (nSPS) is 10.9. The van der Waals surface area contributed by atoms with Crippen LogP contribution < -0.4 is 20.1 Å². The highest BCUT2D eigenvalue weighted by atomic mass is 16.5. The molecule has 2 N–H and O–H groups in total. The highest BCUT2D eigenvalue weighted by Gasteiger charge is 2.14. The first-order valence-electron chi connectivity index (χ1n) is 12.0. The van der Waals surface area contributed by atoms with E-state index in [1.54, 1.807) is 18.2 Å². The molecule has 37 heavy (non-hydrogen) atoms. The molecule has 0 heterocycles. The van der Waals surface area contributed by atoms with Crippen LogP contribution in [0.4, 0.5) is 11.4 Å². The zero-order valence-electron chi connectivity index (χ0n) is 21.8. The molecule has 0 saturated carbocycles. The number of carbonyl (C=O) groups excluding carboxylic acids is 2. The molecule has 190 valence electrons. The molecular formula is C30H31N3O4. The zero-order valence-corrected chi connectivity index (χ0v) is 21.8. The van der Waals surface area contributed by atoms with Gasteiger partial charge in [0.15, 0.2) is 18.1 Å². The van der Waals surface area contributed by atoms with E-state index in [1.165, 1.54) is 6.08 Å². The van der Waals surface area contributed by atoms with Gasteiger partial charge in [-0.05, 0) is 87.2 Å².